The number of phenolic OH excluding ortho intramolecular Hbond substituents is 1. The van der Waals surface area contributed by atoms with Crippen molar-refractivity contribution in [1.82, 2.24) is 4.90 Å². The third-order valence-corrected chi connectivity index (χ3v) is 4.71. The maximum atomic E-state index is 10.5. The number of aliphatic hydroxyl groups excluding tert-OH is 1. The van der Waals surface area contributed by atoms with E-state index in [9.17, 15) is 10.2 Å². The third kappa shape index (κ3) is 1.42. The van der Waals surface area contributed by atoms with Crippen molar-refractivity contribution < 1.29 is 10.2 Å². The van der Waals surface area contributed by atoms with Crippen LogP contribution in [0.15, 0.2) is 18.2 Å². The van der Waals surface area contributed by atoms with Crippen LogP contribution in [0.2, 0.25) is 0 Å². The highest BCUT2D eigenvalue weighted by atomic mass is 16.3. The third-order valence-electron chi connectivity index (χ3n) is 4.71. The lowest BCUT2D eigenvalue weighted by atomic mass is 9.63. The highest BCUT2D eigenvalue weighted by Gasteiger charge is 2.49. The van der Waals surface area contributed by atoms with E-state index < -0.39 is 0 Å². The molecule has 92 valence electrons. The molecular formula is C14H19NO2. The number of likely N-dealkylation sites (tertiary alicyclic amines) is 1. The smallest absolute Gasteiger partial charge is 0.115 e. The molecule has 2 bridgehead atoms. The Morgan fingerprint density at radius 3 is 2.94 bits per heavy atom. The molecule has 1 aromatic rings. The van der Waals surface area contributed by atoms with Crippen LogP contribution >= 0.6 is 0 Å². The van der Waals surface area contributed by atoms with E-state index >= 15 is 0 Å². The Morgan fingerprint density at radius 2 is 2.18 bits per heavy atom. The molecule has 0 radical (unpaired) electrons. The van der Waals surface area contributed by atoms with Crippen LogP contribution in [-0.2, 0) is 11.8 Å². The topological polar surface area (TPSA) is 43.7 Å². The van der Waals surface area contributed by atoms with Gasteiger partial charge in [0.15, 0.2) is 0 Å². The number of rotatable bonds is 0. The zero-order chi connectivity index (χ0) is 12.2. The quantitative estimate of drug-likeness (QED) is 0.709. The highest BCUT2D eigenvalue weighted by molar-refractivity contribution is 5.44. The summed E-state index contributed by atoms with van der Waals surface area (Å²) in [5, 5.41) is 20.2. The molecule has 1 aliphatic heterocycles. The number of benzene rings is 1. The predicted octanol–water partition coefficient (Wildman–Crippen LogP) is 1.27. The molecule has 17 heavy (non-hydrogen) atoms. The number of fused-ring (bicyclic) bond motifs is 4. The lowest BCUT2D eigenvalue weighted by Gasteiger charge is -2.52. The molecule has 0 aromatic heterocycles. The molecule has 2 aliphatic rings. The molecule has 1 heterocycles. The number of nitrogens with zero attached hydrogens (tertiary/aromatic N) is 1. The van der Waals surface area contributed by atoms with Crippen molar-refractivity contribution in [2.75, 3.05) is 13.6 Å². The van der Waals surface area contributed by atoms with Crippen LogP contribution in [0, 0.1) is 0 Å². The first-order valence-corrected chi connectivity index (χ1v) is 6.23. The number of piperidine rings is 1. The largest absolute Gasteiger partial charge is 0.508 e. The second kappa shape index (κ2) is 3.47. The first kappa shape index (κ1) is 11.1. The number of hydrogen-bond acceptors (Lipinski definition) is 3. The first-order chi connectivity index (χ1) is 8.02. The van der Waals surface area contributed by atoms with Crippen molar-refractivity contribution in [3.05, 3.63) is 29.3 Å². The van der Waals surface area contributed by atoms with E-state index in [0.717, 1.165) is 24.9 Å². The summed E-state index contributed by atoms with van der Waals surface area (Å²) in [6, 6.07) is 5.79. The standard InChI is InChI=1S/C14H19NO2/c1-14-5-6-15(2)12(13(14)17)7-9-3-4-10(16)8-11(9)14/h3-4,8,12-13,16-17H,5-7H2,1-2H3/t12?,13-,14+/m0/s1. The van der Waals surface area contributed by atoms with Gasteiger partial charge in [-0.3, -0.25) is 0 Å². The van der Waals surface area contributed by atoms with Gasteiger partial charge in [0.2, 0.25) is 0 Å². The molecule has 1 unspecified atom stereocenters. The Labute approximate surface area is 102 Å². The summed E-state index contributed by atoms with van der Waals surface area (Å²) >= 11 is 0. The summed E-state index contributed by atoms with van der Waals surface area (Å²) in [4.78, 5) is 2.25. The molecular weight excluding hydrogens is 214 g/mol. The molecule has 3 heteroatoms. The van der Waals surface area contributed by atoms with E-state index in [4.69, 9.17) is 0 Å². The van der Waals surface area contributed by atoms with Gasteiger partial charge in [-0.15, -0.1) is 0 Å². The molecule has 3 rings (SSSR count). The molecule has 0 saturated carbocycles. The zero-order valence-electron chi connectivity index (χ0n) is 10.3. The predicted molar refractivity (Wildman–Crippen MR) is 66.2 cm³/mol. The molecule has 1 aliphatic carbocycles. The van der Waals surface area contributed by atoms with Crippen LogP contribution in [0.1, 0.15) is 24.5 Å². The van der Waals surface area contributed by atoms with Crippen LogP contribution in [0.3, 0.4) is 0 Å². The number of aliphatic hydroxyl groups is 1. The Balaban J connectivity index is 2.16. The fourth-order valence-electron chi connectivity index (χ4n) is 3.45. The second-order valence-corrected chi connectivity index (χ2v) is 5.71. The SMILES string of the molecule is CN1CC[C@]2(C)c3cc(O)ccc3CC1[C@@H]2O. The Hall–Kier alpha value is -1.06. The van der Waals surface area contributed by atoms with Gasteiger partial charge >= 0.3 is 0 Å². The van der Waals surface area contributed by atoms with Crippen LogP contribution in [0.25, 0.3) is 0 Å². The minimum Gasteiger partial charge on any atom is -0.508 e. The minimum atomic E-state index is -0.337. The maximum Gasteiger partial charge on any atom is 0.115 e. The molecule has 0 spiro atoms. The number of phenols is 1. The molecule has 1 saturated heterocycles. The van der Waals surface area contributed by atoms with Crippen molar-refractivity contribution in [1.29, 1.82) is 0 Å². The fraction of sp³-hybridized carbons (Fsp3) is 0.571. The Morgan fingerprint density at radius 1 is 1.41 bits per heavy atom. The molecule has 1 fully saturated rings. The van der Waals surface area contributed by atoms with Crippen molar-refractivity contribution in [2.45, 2.75) is 37.3 Å². The van der Waals surface area contributed by atoms with Crippen molar-refractivity contribution in [3.63, 3.8) is 0 Å². The summed E-state index contributed by atoms with van der Waals surface area (Å²) in [6.45, 7) is 3.13. The average Bonchev–Trinajstić information content (AvgIpc) is 2.30. The van der Waals surface area contributed by atoms with Gasteiger partial charge in [0.25, 0.3) is 0 Å². The van der Waals surface area contributed by atoms with E-state index in [1.807, 2.05) is 12.1 Å². The fourth-order valence-corrected chi connectivity index (χ4v) is 3.45. The van der Waals surface area contributed by atoms with E-state index in [1.54, 1.807) is 6.07 Å². The van der Waals surface area contributed by atoms with Gasteiger partial charge in [-0.05, 0) is 49.7 Å². The van der Waals surface area contributed by atoms with Crippen LogP contribution in [-0.4, -0.2) is 40.9 Å². The number of aromatic hydroxyl groups is 1. The second-order valence-electron chi connectivity index (χ2n) is 5.71. The summed E-state index contributed by atoms with van der Waals surface area (Å²) in [5.41, 5.74) is 2.20. The monoisotopic (exact) mass is 233 g/mol. The van der Waals surface area contributed by atoms with Crippen molar-refractivity contribution in [2.24, 2.45) is 0 Å². The summed E-state index contributed by atoms with van der Waals surface area (Å²) in [6.07, 6.45) is 1.48. The molecule has 3 atom stereocenters. The van der Waals surface area contributed by atoms with Gasteiger partial charge < -0.3 is 15.1 Å². The number of likely N-dealkylation sites (N-methyl/N-ethyl adjacent to an activating group) is 1. The van der Waals surface area contributed by atoms with Gasteiger partial charge in [0, 0.05) is 11.5 Å². The van der Waals surface area contributed by atoms with E-state index in [1.165, 1.54) is 5.56 Å². The zero-order valence-corrected chi connectivity index (χ0v) is 10.3. The number of hydrogen-bond donors (Lipinski definition) is 2. The lowest BCUT2D eigenvalue weighted by molar-refractivity contribution is -0.0407. The van der Waals surface area contributed by atoms with E-state index in [2.05, 4.69) is 18.9 Å². The molecule has 0 amide bonds. The Bertz CT molecular complexity index is 460. The van der Waals surface area contributed by atoms with Gasteiger partial charge in [-0.25, -0.2) is 0 Å². The maximum absolute atomic E-state index is 10.5. The lowest BCUT2D eigenvalue weighted by Crippen LogP contribution is -2.61. The van der Waals surface area contributed by atoms with Crippen LogP contribution in [0.5, 0.6) is 5.75 Å². The molecule has 1 aromatic carbocycles. The van der Waals surface area contributed by atoms with E-state index in [-0.39, 0.29) is 17.6 Å². The molecule has 2 N–H and O–H groups in total. The van der Waals surface area contributed by atoms with Gasteiger partial charge in [0.05, 0.1) is 6.10 Å². The summed E-state index contributed by atoms with van der Waals surface area (Å²) in [7, 11) is 2.08. The summed E-state index contributed by atoms with van der Waals surface area (Å²) in [5.74, 6) is 0.301. The normalized spacial score (nSPS) is 36.6. The Kier molecular flexibility index (Phi) is 2.25. The van der Waals surface area contributed by atoms with Crippen molar-refractivity contribution in [3.8, 4) is 5.75 Å². The van der Waals surface area contributed by atoms with Gasteiger partial charge in [-0.1, -0.05) is 13.0 Å². The van der Waals surface area contributed by atoms with Gasteiger partial charge in [0.1, 0.15) is 5.75 Å². The first-order valence-electron chi connectivity index (χ1n) is 6.23. The van der Waals surface area contributed by atoms with Crippen molar-refractivity contribution >= 4 is 0 Å². The van der Waals surface area contributed by atoms with E-state index in [0.29, 0.717) is 5.75 Å². The van der Waals surface area contributed by atoms with Crippen LogP contribution in [0.4, 0.5) is 0 Å². The highest BCUT2D eigenvalue weighted by Crippen LogP contribution is 2.45. The summed E-state index contributed by atoms with van der Waals surface area (Å²) < 4.78 is 0. The minimum absolute atomic E-state index is 0.205. The van der Waals surface area contributed by atoms with Gasteiger partial charge in [-0.2, -0.15) is 0 Å². The average molecular weight is 233 g/mol. The van der Waals surface area contributed by atoms with Crippen LogP contribution < -0.4 is 0 Å². The molecule has 3 nitrogen and oxygen atoms in total.